The fraction of sp³-hybridized carbons (Fsp3) is 0.429. The lowest BCUT2D eigenvalue weighted by Crippen LogP contribution is -2.14. The maximum Gasteiger partial charge on any atom is 0.138 e. The minimum atomic E-state index is 0.874. The van der Waals surface area contributed by atoms with Gasteiger partial charge < -0.3 is 5.32 Å². The third-order valence-electron chi connectivity index (χ3n) is 3.54. The smallest absolute Gasteiger partial charge is 0.138 e. The SMILES string of the molecule is CCn1ncnc1Cc1cccc2c1CCCN2. The summed E-state index contributed by atoms with van der Waals surface area (Å²) in [7, 11) is 0. The Bertz CT molecular complexity index is 544. The first kappa shape index (κ1) is 11.3. The fourth-order valence-corrected chi connectivity index (χ4v) is 2.61. The number of aryl methyl sites for hydroxylation is 1. The number of fused-ring (bicyclic) bond motifs is 1. The van der Waals surface area contributed by atoms with Crippen LogP contribution in [0.5, 0.6) is 0 Å². The van der Waals surface area contributed by atoms with Crippen molar-refractivity contribution in [3.63, 3.8) is 0 Å². The van der Waals surface area contributed by atoms with Crippen LogP contribution in [0.2, 0.25) is 0 Å². The summed E-state index contributed by atoms with van der Waals surface area (Å²) in [4.78, 5) is 4.36. The zero-order chi connectivity index (χ0) is 12.4. The van der Waals surface area contributed by atoms with Gasteiger partial charge in [0.15, 0.2) is 0 Å². The molecule has 1 aromatic carbocycles. The van der Waals surface area contributed by atoms with Gasteiger partial charge in [-0.25, -0.2) is 4.98 Å². The second-order valence-corrected chi connectivity index (χ2v) is 4.64. The number of nitrogens with zero attached hydrogens (tertiary/aromatic N) is 3. The average molecular weight is 242 g/mol. The summed E-state index contributed by atoms with van der Waals surface area (Å²) >= 11 is 0. The van der Waals surface area contributed by atoms with Crippen molar-refractivity contribution < 1.29 is 0 Å². The lowest BCUT2D eigenvalue weighted by atomic mass is 9.95. The van der Waals surface area contributed by atoms with E-state index < -0.39 is 0 Å². The Morgan fingerprint density at radius 2 is 2.33 bits per heavy atom. The van der Waals surface area contributed by atoms with Crippen molar-refractivity contribution in [1.29, 1.82) is 0 Å². The number of hydrogen-bond acceptors (Lipinski definition) is 3. The number of anilines is 1. The standard InChI is InChI=1S/C14H18N4/c1-2-18-14(16-10-17-18)9-11-5-3-7-13-12(11)6-4-8-15-13/h3,5,7,10,15H,2,4,6,8-9H2,1H3. The molecule has 0 saturated heterocycles. The first-order valence-electron chi connectivity index (χ1n) is 6.60. The molecule has 0 amide bonds. The van der Waals surface area contributed by atoms with Crippen molar-refractivity contribution in [2.45, 2.75) is 32.7 Å². The molecular weight excluding hydrogens is 224 g/mol. The third kappa shape index (κ3) is 1.98. The molecule has 2 aromatic rings. The van der Waals surface area contributed by atoms with Crippen LogP contribution in [-0.4, -0.2) is 21.3 Å². The summed E-state index contributed by atoms with van der Waals surface area (Å²) in [6.07, 6.45) is 4.90. The summed E-state index contributed by atoms with van der Waals surface area (Å²) in [5.74, 6) is 1.05. The molecule has 18 heavy (non-hydrogen) atoms. The maximum atomic E-state index is 4.36. The van der Waals surface area contributed by atoms with Crippen molar-refractivity contribution in [1.82, 2.24) is 14.8 Å². The minimum Gasteiger partial charge on any atom is -0.385 e. The van der Waals surface area contributed by atoms with E-state index in [1.54, 1.807) is 6.33 Å². The highest BCUT2D eigenvalue weighted by atomic mass is 15.3. The molecule has 0 saturated carbocycles. The van der Waals surface area contributed by atoms with Gasteiger partial charge in [-0.2, -0.15) is 5.10 Å². The molecule has 94 valence electrons. The molecular formula is C14H18N4. The molecule has 1 aromatic heterocycles. The van der Waals surface area contributed by atoms with E-state index in [0.717, 1.165) is 25.3 Å². The second kappa shape index (κ2) is 4.80. The summed E-state index contributed by atoms with van der Waals surface area (Å²) in [5.41, 5.74) is 4.12. The van der Waals surface area contributed by atoms with E-state index in [1.165, 1.54) is 29.7 Å². The summed E-state index contributed by atoms with van der Waals surface area (Å²) < 4.78 is 1.97. The normalized spacial score (nSPS) is 14.1. The van der Waals surface area contributed by atoms with E-state index in [0.29, 0.717) is 0 Å². The van der Waals surface area contributed by atoms with Gasteiger partial charge in [0.05, 0.1) is 0 Å². The maximum absolute atomic E-state index is 4.36. The molecule has 2 heterocycles. The van der Waals surface area contributed by atoms with Crippen LogP contribution in [-0.2, 0) is 19.4 Å². The molecule has 0 spiro atoms. The van der Waals surface area contributed by atoms with Crippen LogP contribution in [0.25, 0.3) is 0 Å². The zero-order valence-electron chi connectivity index (χ0n) is 10.7. The number of nitrogens with one attached hydrogen (secondary N) is 1. The molecule has 1 aliphatic rings. The molecule has 0 atom stereocenters. The lowest BCUT2D eigenvalue weighted by molar-refractivity contribution is 0.623. The molecule has 0 radical (unpaired) electrons. The molecule has 1 aliphatic heterocycles. The van der Waals surface area contributed by atoms with Crippen molar-refractivity contribution in [2.75, 3.05) is 11.9 Å². The number of benzene rings is 1. The molecule has 4 nitrogen and oxygen atoms in total. The van der Waals surface area contributed by atoms with Crippen LogP contribution in [0.15, 0.2) is 24.5 Å². The van der Waals surface area contributed by atoms with Gasteiger partial charge in [-0.3, -0.25) is 4.68 Å². The van der Waals surface area contributed by atoms with Crippen LogP contribution in [0.4, 0.5) is 5.69 Å². The summed E-state index contributed by atoms with van der Waals surface area (Å²) in [6.45, 7) is 4.06. The summed E-state index contributed by atoms with van der Waals surface area (Å²) in [5, 5.41) is 7.70. The molecule has 0 fully saturated rings. The Morgan fingerprint density at radius 1 is 1.39 bits per heavy atom. The topological polar surface area (TPSA) is 42.7 Å². The van der Waals surface area contributed by atoms with E-state index >= 15 is 0 Å². The van der Waals surface area contributed by atoms with Gasteiger partial charge in [0.1, 0.15) is 12.2 Å². The average Bonchev–Trinajstić information content (AvgIpc) is 2.86. The predicted molar refractivity (Wildman–Crippen MR) is 71.8 cm³/mol. The molecule has 0 bridgehead atoms. The predicted octanol–water partition coefficient (Wildman–Crippen LogP) is 2.25. The van der Waals surface area contributed by atoms with E-state index in [-0.39, 0.29) is 0 Å². The van der Waals surface area contributed by atoms with Crippen molar-refractivity contribution >= 4 is 5.69 Å². The van der Waals surface area contributed by atoms with Gasteiger partial charge in [-0.1, -0.05) is 12.1 Å². The van der Waals surface area contributed by atoms with Crippen LogP contribution in [0.1, 0.15) is 30.3 Å². The van der Waals surface area contributed by atoms with E-state index in [4.69, 9.17) is 0 Å². The summed E-state index contributed by atoms with van der Waals surface area (Å²) in [6, 6.07) is 6.50. The van der Waals surface area contributed by atoms with Crippen LogP contribution >= 0.6 is 0 Å². The van der Waals surface area contributed by atoms with E-state index in [1.807, 2.05) is 4.68 Å². The Kier molecular flexibility index (Phi) is 3.00. The van der Waals surface area contributed by atoms with Gasteiger partial charge in [0.25, 0.3) is 0 Å². The van der Waals surface area contributed by atoms with Crippen LogP contribution in [0, 0.1) is 0 Å². The fourth-order valence-electron chi connectivity index (χ4n) is 2.61. The third-order valence-corrected chi connectivity index (χ3v) is 3.54. The first-order chi connectivity index (χ1) is 8.88. The van der Waals surface area contributed by atoms with Crippen molar-refractivity contribution in [3.8, 4) is 0 Å². The van der Waals surface area contributed by atoms with Gasteiger partial charge in [-0.05, 0) is 37.0 Å². The van der Waals surface area contributed by atoms with Crippen molar-refractivity contribution in [3.05, 3.63) is 41.5 Å². The Morgan fingerprint density at radius 3 is 3.22 bits per heavy atom. The zero-order valence-corrected chi connectivity index (χ0v) is 10.7. The van der Waals surface area contributed by atoms with Crippen LogP contribution < -0.4 is 5.32 Å². The molecule has 0 unspecified atom stereocenters. The monoisotopic (exact) mass is 242 g/mol. The minimum absolute atomic E-state index is 0.874. The van der Waals surface area contributed by atoms with Crippen LogP contribution in [0.3, 0.4) is 0 Å². The number of hydrogen-bond donors (Lipinski definition) is 1. The highest BCUT2D eigenvalue weighted by molar-refractivity contribution is 5.56. The van der Waals surface area contributed by atoms with Crippen molar-refractivity contribution in [2.24, 2.45) is 0 Å². The van der Waals surface area contributed by atoms with Gasteiger partial charge in [0.2, 0.25) is 0 Å². The quantitative estimate of drug-likeness (QED) is 0.897. The lowest BCUT2D eigenvalue weighted by Gasteiger charge is -2.20. The highest BCUT2D eigenvalue weighted by Gasteiger charge is 2.14. The molecule has 0 aliphatic carbocycles. The first-order valence-corrected chi connectivity index (χ1v) is 6.60. The molecule has 3 rings (SSSR count). The highest BCUT2D eigenvalue weighted by Crippen LogP contribution is 2.26. The van der Waals surface area contributed by atoms with Gasteiger partial charge >= 0.3 is 0 Å². The van der Waals surface area contributed by atoms with E-state index in [9.17, 15) is 0 Å². The number of rotatable bonds is 3. The second-order valence-electron chi connectivity index (χ2n) is 4.64. The molecule has 1 N–H and O–H groups in total. The van der Waals surface area contributed by atoms with Gasteiger partial charge in [-0.15, -0.1) is 0 Å². The largest absolute Gasteiger partial charge is 0.385 e. The Hall–Kier alpha value is -1.84. The van der Waals surface area contributed by atoms with E-state index in [2.05, 4.69) is 40.5 Å². The number of aromatic nitrogens is 3. The van der Waals surface area contributed by atoms with Gasteiger partial charge in [0, 0.05) is 25.2 Å². The molecule has 4 heteroatoms. The Balaban J connectivity index is 1.93. The Labute approximate surface area is 107 Å².